The summed E-state index contributed by atoms with van der Waals surface area (Å²) >= 11 is 0. The molecule has 176 valence electrons. The van der Waals surface area contributed by atoms with Gasteiger partial charge >= 0.3 is 0 Å². The third kappa shape index (κ3) is 3.96. The van der Waals surface area contributed by atoms with E-state index in [0.29, 0.717) is 13.1 Å². The van der Waals surface area contributed by atoms with Crippen molar-refractivity contribution >= 4 is 15.9 Å². The smallest absolute Gasteiger partial charge is 0.246 e. The number of hydrogen-bond donors (Lipinski definition) is 1. The molecule has 1 aliphatic heterocycles. The van der Waals surface area contributed by atoms with Gasteiger partial charge in [-0.15, -0.1) is 0 Å². The van der Waals surface area contributed by atoms with Gasteiger partial charge in [0, 0.05) is 31.7 Å². The molecule has 4 saturated carbocycles. The summed E-state index contributed by atoms with van der Waals surface area (Å²) < 4.78 is 54.3. The van der Waals surface area contributed by atoms with Crippen molar-refractivity contribution in [2.45, 2.75) is 61.9 Å². The molecule has 1 saturated heterocycles. The average molecular weight is 468 g/mol. The second-order valence-electron chi connectivity index (χ2n) is 10.4. The van der Waals surface area contributed by atoms with E-state index in [1.165, 1.54) is 23.6 Å². The molecule has 1 aromatic rings. The first kappa shape index (κ1) is 22.2. The van der Waals surface area contributed by atoms with E-state index in [1.54, 1.807) is 0 Å². The van der Waals surface area contributed by atoms with Gasteiger partial charge in [-0.25, -0.2) is 17.2 Å². The van der Waals surface area contributed by atoms with Crippen LogP contribution in [0.2, 0.25) is 0 Å². The highest BCUT2D eigenvalue weighted by atomic mass is 32.2. The van der Waals surface area contributed by atoms with Crippen LogP contribution in [0.25, 0.3) is 0 Å². The highest BCUT2D eigenvalue weighted by Crippen LogP contribution is 2.55. The maximum atomic E-state index is 14.1. The van der Waals surface area contributed by atoms with Crippen LogP contribution in [0.4, 0.5) is 8.78 Å². The molecule has 1 amide bonds. The Bertz CT molecular complexity index is 972. The van der Waals surface area contributed by atoms with Crippen LogP contribution in [-0.4, -0.2) is 61.3 Å². The zero-order valence-corrected chi connectivity index (χ0v) is 19.2. The third-order valence-electron chi connectivity index (χ3n) is 8.14. The minimum absolute atomic E-state index is 0.0134. The normalized spacial score (nSPS) is 33.9. The van der Waals surface area contributed by atoms with E-state index >= 15 is 0 Å². The van der Waals surface area contributed by atoms with Gasteiger partial charge in [-0.3, -0.25) is 9.69 Å². The molecule has 5 aliphatic rings. The zero-order valence-electron chi connectivity index (χ0n) is 18.4. The van der Waals surface area contributed by atoms with Crippen molar-refractivity contribution in [3.63, 3.8) is 0 Å². The van der Waals surface area contributed by atoms with Crippen LogP contribution in [0.5, 0.6) is 0 Å². The molecule has 0 spiro atoms. The van der Waals surface area contributed by atoms with E-state index in [0.717, 1.165) is 55.2 Å². The maximum Gasteiger partial charge on any atom is 0.246 e. The Morgan fingerprint density at radius 3 is 2.16 bits per heavy atom. The molecule has 0 radical (unpaired) electrons. The molecule has 0 aromatic heterocycles. The molecule has 6 rings (SSSR count). The lowest BCUT2D eigenvalue weighted by Crippen LogP contribution is -2.63. The van der Waals surface area contributed by atoms with Crippen molar-refractivity contribution in [2.24, 2.45) is 17.8 Å². The van der Waals surface area contributed by atoms with Crippen molar-refractivity contribution in [1.82, 2.24) is 14.5 Å². The molecular formula is C23H31F2N3O3S. The quantitative estimate of drug-likeness (QED) is 0.723. The summed E-state index contributed by atoms with van der Waals surface area (Å²) in [6, 6.07) is 2.09. The number of amides is 1. The van der Waals surface area contributed by atoms with Crippen molar-refractivity contribution in [3.05, 3.63) is 29.8 Å². The van der Waals surface area contributed by atoms with E-state index in [2.05, 4.69) is 5.32 Å². The number of nitrogens with zero attached hydrogens (tertiary/aromatic N) is 2. The molecule has 5 fully saturated rings. The number of benzene rings is 1. The number of sulfonamides is 1. The largest absolute Gasteiger partial charge is 0.349 e. The fourth-order valence-corrected chi connectivity index (χ4v) is 8.44. The summed E-state index contributed by atoms with van der Waals surface area (Å²) in [4.78, 5) is 14.5. The molecule has 1 N–H and O–H groups in total. The van der Waals surface area contributed by atoms with Gasteiger partial charge in [0.15, 0.2) is 0 Å². The van der Waals surface area contributed by atoms with Crippen LogP contribution in [0.1, 0.15) is 45.4 Å². The lowest BCUT2D eigenvalue weighted by molar-refractivity contribution is -0.132. The third-order valence-corrected chi connectivity index (χ3v) is 10.1. The second kappa shape index (κ2) is 8.02. The SMILES string of the molecule is C[C@@H](C(=O)NC12CC3CC(CC(C3)C1)C2)N1CCN(S(=O)(=O)c2cc(F)ccc2F)CC1. The lowest BCUT2D eigenvalue weighted by Gasteiger charge is -2.57. The highest BCUT2D eigenvalue weighted by Gasteiger charge is 2.52. The van der Waals surface area contributed by atoms with Gasteiger partial charge in [-0.05, 0) is 81.4 Å². The van der Waals surface area contributed by atoms with Gasteiger partial charge in [0.25, 0.3) is 0 Å². The van der Waals surface area contributed by atoms with Crippen molar-refractivity contribution in [2.75, 3.05) is 26.2 Å². The zero-order chi connectivity index (χ0) is 22.7. The number of carbonyl (C=O) groups excluding carboxylic acids is 1. The van der Waals surface area contributed by atoms with Crippen LogP contribution in [0, 0.1) is 29.4 Å². The highest BCUT2D eigenvalue weighted by molar-refractivity contribution is 7.89. The van der Waals surface area contributed by atoms with E-state index in [4.69, 9.17) is 0 Å². The van der Waals surface area contributed by atoms with Gasteiger partial charge in [0.05, 0.1) is 6.04 Å². The predicted molar refractivity (Wildman–Crippen MR) is 115 cm³/mol. The monoisotopic (exact) mass is 467 g/mol. The van der Waals surface area contributed by atoms with Gasteiger partial charge < -0.3 is 5.32 Å². The molecule has 0 unspecified atom stereocenters. The Balaban J connectivity index is 1.21. The summed E-state index contributed by atoms with van der Waals surface area (Å²) in [5.41, 5.74) is -0.0554. The first-order chi connectivity index (χ1) is 15.1. The first-order valence-corrected chi connectivity index (χ1v) is 13.1. The Labute approximate surface area is 188 Å². The number of piperazine rings is 1. The first-order valence-electron chi connectivity index (χ1n) is 11.7. The van der Waals surface area contributed by atoms with Crippen LogP contribution >= 0.6 is 0 Å². The average Bonchev–Trinajstić information content (AvgIpc) is 2.73. The van der Waals surface area contributed by atoms with E-state index in [-0.39, 0.29) is 30.6 Å². The molecular weight excluding hydrogens is 436 g/mol. The second-order valence-corrected chi connectivity index (χ2v) is 12.3. The van der Waals surface area contributed by atoms with Crippen molar-refractivity contribution in [3.8, 4) is 0 Å². The predicted octanol–water partition coefficient (Wildman–Crippen LogP) is 2.74. The molecule has 9 heteroatoms. The number of rotatable bonds is 5. The van der Waals surface area contributed by atoms with Crippen LogP contribution in [0.15, 0.2) is 23.1 Å². The fraction of sp³-hybridized carbons (Fsp3) is 0.696. The number of carbonyl (C=O) groups is 1. The van der Waals surface area contributed by atoms with Gasteiger partial charge in [-0.2, -0.15) is 4.31 Å². The summed E-state index contributed by atoms with van der Waals surface area (Å²) in [6.45, 7) is 2.87. The van der Waals surface area contributed by atoms with Crippen LogP contribution < -0.4 is 5.32 Å². The maximum absolute atomic E-state index is 14.1. The molecule has 1 heterocycles. The van der Waals surface area contributed by atoms with E-state index in [9.17, 15) is 22.0 Å². The number of nitrogens with one attached hydrogen (secondary N) is 1. The Kier molecular flexibility index (Phi) is 5.57. The van der Waals surface area contributed by atoms with E-state index in [1.807, 2.05) is 11.8 Å². The van der Waals surface area contributed by atoms with Crippen molar-refractivity contribution in [1.29, 1.82) is 0 Å². The van der Waals surface area contributed by atoms with Crippen LogP contribution in [-0.2, 0) is 14.8 Å². The topological polar surface area (TPSA) is 69.7 Å². The summed E-state index contributed by atoms with van der Waals surface area (Å²) in [6.07, 6.45) is 7.20. The molecule has 6 nitrogen and oxygen atoms in total. The minimum Gasteiger partial charge on any atom is -0.349 e. The molecule has 4 aliphatic carbocycles. The molecule has 1 atom stereocenters. The molecule has 32 heavy (non-hydrogen) atoms. The molecule has 1 aromatic carbocycles. The van der Waals surface area contributed by atoms with Gasteiger partial charge in [0.2, 0.25) is 15.9 Å². The Morgan fingerprint density at radius 1 is 1.03 bits per heavy atom. The Hall–Kier alpha value is -1.58. The van der Waals surface area contributed by atoms with Gasteiger partial charge in [0.1, 0.15) is 16.5 Å². The fourth-order valence-electron chi connectivity index (χ4n) is 6.94. The lowest BCUT2D eigenvalue weighted by atomic mass is 9.53. The molecule has 4 bridgehead atoms. The summed E-state index contributed by atoms with van der Waals surface area (Å²) in [5, 5.41) is 3.40. The minimum atomic E-state index is -4.13. The number of hydrogen-bond acceptors (Lipinski definition) is 4. The summed E-state index contributed by atoms with van der Waals surface area (Å²) in [7, 11) is -4.13. The van der Waals surface area contributed by atoms with Gasteiger partial charge in [-0.1, -0.05) is 0 Å². The van der Waals surface area contributed by atoms with Crippen LogP contribution in [0.3, 0.4) is 0 Å². The van der Waals surface area contributed by atoms with Crippen molar-refractivity contribution < 1.29 is 22.0 Å². The standard InChI is InChI=1S/C23H31F2N3O3S/c1-15(22(29)26-23-12-16-8-17(13-23)10-18(9-16)14-23)27-4-6-28(7-5-27)32(30,31)21-11-19(24)2-3-20(21)25/h2-3,11,15-18H,4-10,12-14H2,1H3,(H,26,29)/t15-,16?,17?,18?,23?/m0/s1. The Morgan fingerprint density at radius 2 is 1.59 bits per heavy atom. The number of halogens is 2. The summed E-state index contributed by atoms with van der Waals surface area (Å²) in [5.74, 6) is 0.492. The van der Waals surface area contributed by atoms with E-state index < -0.39 is 26.6 Å².